The highest BCUT2D eigenvalue weighted by molar-refractivity contribution is 5.78. The van der Waals surface area contributed by atoms with Gasteiger partial charge in [0.2, 0.25) is 0 Å². The second-order valence-electron chi connectivity index (χ2n) is 2.38. The first-order valence-corrected chi connectivity index (χ1v) is 3.51. The SMILES string of the molecule is N#Cc1cc2cccnc2cn1. The van der Waals surface area contributed by atoms with Crippen LogP contribution in [0.15, 0.2) is 30.6 Å². The van der Waals surface area contributed by atoms with Gasteiger partial charge in [-0.05, 0) is 12.1 Å². The maximum atomic E-state index is 8.56. The number of hydrogen-bond donors (Lipinski definition) is 0. The van der Waals surface area contributed by atoms with Crippen molar-refractivity contribution in [3.8, 4) is 6.07 Å². The van der Waals surface area contributed by atoms with Crippen LogP contribution in [0.1, 0.15) is 5.69 Å². The van der Waals surface area contributed by atoms with Gasteiger partial charge in [-0.15, -0.1) is 0 Å². The van der Waals surface area contributed by atoms with E-state index >= 15 is 0 Å². The summed E-state index contributed by atoms with van der Waals surface area (Å²) in [5.74, 6) is 0. The summed E-state index contributed by atoms with van der Waals surface area (Å²) < 4.78 is 0. The van der Waals surface area contributed by atoms with Crippen LogP contribution in [0.3, 0.4) is 0 Å². The fraction of sp³-hybridized carbons (Fsp3) is 0. The highest BCUT2D eigenvalue weighted by atomic mass is 14.7. The lowest BCUT2D eigenvalue weighted by Gasteiger charge is -1.93. The molecule has 3 heteroatoms. The highest BCUT2D eigenvalue weighted by Gasteiger charge is 1.95. The second-order valence-corrected chi connectivity index (χ2v) is 2.38. The minimum Gasteiger partial charge on any atom is -0.255 e. The summed E-state index contributed by atoms with van der Waals surface area (Å²) in [6, 6.07) is 7.45. The average Bonchev–Trinajstić information content (AvgIpc) is 2.17. The Bertz CT molecular complexity index is 457. The first kappa shape index (κ1) is 6.74. The topological polar surface area (TPSA) is 49.6 Å². The quantitative estimate of drug-likeness (QED) is 0.579. The Kier molecular flexibility index (Phi) is 1.45. The van der Waals surface area contributed by atoms with Crippen LogP contribution in [0, 0.1) is 11.3 Å². The number of nitriles is 1. The summed E-state index contributed by atoms with van der Waals surface area (Å²) in [5, 5.41) is 9.51. The molecule has 0 atom stereocenters. The molecule has 2 aromatic heterocycles. The highest BCUT2D eigenvalue weighted by Crippen LogP contribution is 2.09. The molecule has 0 fully saturated rings. The lowest BCUT2D eigenvalue weighted by Crippen LogP contribution is -1.83. The van der Waals surface area contributed by atoms with E-state index in [0.717, 1.165) is 10.9 Å². The predicted molar refractivity (Wildman–Crippen MR) is 44.3 cm³/mol. The molecule has 3 nitrogen and oxygen atoms in total. The Labute approximate surface area is 69.3 Å². The molecule has 0 spiro atoms. The van der Waals surface area contributed by atoms with Crippen molar-refractivity contribution in [2.75, 3.05) is 0 Å². The lowest BCUT2D eigenvalue weighted by molar-refractivity contribution is 1.26. The van der Waals surface area contributed by atoms with Crippen LogP contribution in [0.2, 0.25) is 0 Å². The largest absolute Gasteiger partial charge is 0.255 e. The van der Waals surface area contributed by atoms with Gasteiger partial charge in [-0.3, -0.25) is 4.98 Å². The number of aromatic nitrogens is 2. The standard InChI is InChI=1S/C9H5N3/c10-5-8-4-7-2-1-3-11-9(7)6-12-8/h1-4,6H. The third-order valence-corrected chi connectivity index (χ3v) is 1.60. The smallest absolute Gasteiger partial charge is 0.141 e. The van der Waals surface area contributed by atoms with Crippen molar-refractivity contribution in [2.24, 2.45) is 0 Å². The zero-order valence-corrected chi connectivity index (χ0v) is 6.23. The molecule has 2 rings (SSSR count). The summed E-state index contributed by atoms with van der Waals surface area (Å²) in [7, 11) is 0. The molecule has 12 heavy (non-hydrogen) atoms. The molecule has 0 aliphatic rings. The molecule has 0 aliphatic carbocycles. The van der Waals surface area contributed by atoms with E-state index in [1.54, 1.807) is 18.5 Å². The van der Waals surface area contributed by atoms with Gasteiger partial charge in [0.25, 0.3) is 0 Å². The zero-order valence-electron chi connectivity index (χ0n) is 6.23. The molecule has 2 heterocycles. The molecule has 0 bridgehead atoms. The number of fused-ring (bicyclic) bond motifs is 1. The zero-order chi connectivity index (χ0) is 8.39. The molecule has 0 radical (unpaired) electrons. The molecular formula is C9H5N3. The molecule has 0 N–H and O–H groups in total. The number of hydrogen-bond acceptors (Lipinski definition) is 3. The monoisotopic (exact) mass is 155 g/mol. The van der Waals surface area contributed by atoms with E-state index in [0.29, 0.717) is 5.69 Å². The number of nitrogens with zero attached hydrogens (tertiary/aromatic N) is 3. The molecule has 0 aromatic carbocycles. The first-order valence-electron chi connectivity index (χ1n) is 3.51. The minimum atomic E-state index is 0.426. The summed E-state index contributed by atoms with van der Waals surface area (Å²) in [6.07, 6.45) is 3.31. The summed E-state index contributed by atoms with van der Waals surface area (Å²) in [6.45, 7) is 0. The van der Waals surface area contributed by atoms with Gasteiger partial charge in [0, 0.05) is 11.6 Å². The Morgan fingerprint density at radius 3 is 3.08 bits per heavy atom. The lowest BCUT2D eigenvalue weighted by atomic mass is 10.2. The Balaban J connectivity index is 2.78. The van der Waals surface area contributed by atoms with Crippen molar-refractivity contribution < 1.29 is 0 Å². The predicted octanol–water partition coefficient (Wildman–Crippen LogP) is 1.50. The van der Waals surface area contributed by atoms with Gasteiger partial charge in [0.05, 0.1) is 11.7 Å². The Morgan fingerprint density at radius 2 is 2.25 bits per heavy atom. The van der Waals surface area contributed by atoms with Gasteiger partial charge in [0.15, 0.2) is 0 Å². The summed E-state index contributed by atoms with van der Waals surface area (Å²) in [5.41, 5.74) is 1.24. The van der Waals surface area contributed by atoms with Crippen LogP contribution < -0.4 is 0 Å². The van der Waals surface area contributed by atoms with Crippen LogP contribution in [-0.4, -0.2) is 9.97 Å². The van der Waals surface area contributed by atoms with Crippen molar-refractivity contribution in [1.82, 2.24) is 9.97 Å². The molecule has 0 aliphatic heterocycles. The van der Waals surface area contributed by atoms with Crippen molar-refractivity contribution in [3.63, 3.8) is 0 Å². The van der Waals surface area contributed by atoms with E-state index in [9.17, 15) is 0 Å². The molecule has 2 aromatic rings. The van der Waals surface area contributed by atoms with Gasteiger partial charge in [-0.1, -0.05) is 6.07 Å². The molecule has 56 valence electrons. The van der Waals surface area contributed by atoms with E-state index < -0.39 is 0 Å². The maximum absolute atomic E-state index is 8.56. The van der Waals surface area contributed by atoms with E-state index in [2.05, 4.69) is 9.97 Å². The first-order chi connectivity index (χ1) is 5.90. The summed E-state index contributed by atoms with van der Waals surface area (Å²) in [4.78, 5) is 7.99. The summed E-state index contributed by atoms with van der Waals surface area (Å²) >= 11 is 0. The minimum absolute atomic E-state index is 0.426. The van der Waals surface area contributed by atoms with Crippen molar-refractivity contribution >= 4 is 10.9 Å². The molecule has 0 saturated carbocycles. The van der Waals surface area contributed by atoms with E-state index in [4.69, 9.17) is 5.26 Å². The van der Waals surface area contributed by atoms with Gasteiger partial charge in [-0.2, -0.15) is 5.26 Å². The van der Waals surface area contributed by atoms with Crippen LogP contribution >= 0.6 is 0 Å². The Hall–Kier alpha value is -1.95. The van der Waals surface area contributed by atoms with Gasteiger partial charge in [0.1, 0.15) is 11.8 Å². The van der Waals surface area contributed by atoms with Crippen molar-refractivity contribution in [2.45, 2.75) is 0 Å². The van der Waals surface area contributed by atoms with Gasteiger partial charge in [-0.25, -0.2) is 4.98 Å². The van der Waals surface area contributed by atoms with E-state index in [1.165, 1.54) is 0 Å². The van der Waals surface area contributed by atoms with Crippen molar-refractivity contribution in [1.29, 1.82) is 5.26 Å². The molecule has 0 unspecified atom stereocenters. The maximum Gasteiger partial charge on any atom is 0.141 e. The fourth-order valence-electron chi connectivity index (χ4n) is 1.04. The number of pyridine rings is 2. The van der Waals surface area contributed by atoms with E-state index in [1.807, 2.05) is 18.2 Å². The van der Waals surface area contributed by atoms with Crippen LogP contribution in [-0.2, 0) is 0 Å². The molecule has 0 amide bonds. The van der Waals surface area contributed by atoms with Crippen molar-refractivity contribution in [3.05, 3.63) is 36.3 Å². The molecule has 0 saturated heterocycles. The third kappa shape index (κ3) is 0.995. The molecular weight excluding hydrogens is 150 g/mol. The number of rotatable bonds is 0. The van der Waals surface area contributed by atoms with E-state index in [-0.39, 0.29) is 0 Å². The van der Waals surface area contributed by atoms with Crippen LogP contribution in [0.25, 0.3) is 10.9 Å². The fourth-order valence-corrected chi connectivity index (χ4v) is 1.04. The van der Waals surface area contributed by atoms with Gasteiger partial charge >= 0.3 is 0 Å². The average molecular weight is 155 g/mol. The third-order valence-electron chi connectivity index (χ3n) is 1.60. The van der Waals surface area contributed by atoms with Crippen LogP contribution in [0.4, 0.5) is 0 Å². The Morgan fingerprint density at radius 1 is 1.33 bits per heavy atom. The van der Waals surface area contributed by atoms with Crippen LogP contribution in [0.5, 0.6) is 0 Å². The van der Waals surface area contributed by atoms with Gasteiger partial charge < -0.3 is 0 Å². The normalized spacial score (nSPS) is 9.58. The second kappa shape index (κ2) is 2.59.